The molecule has 0 saturated carbocycles. The van der Waals surface area contributed by atoms with Gasteiger partial charge < -0.3 is 0 Å². The number of nitrogens with one attached hydrogen (secondary N) is 1. The molecule has 5 rings (SSSR count). The molecule has 1 amide bonds. The molecule has 180 valence electrons. The van der Waals surface area contributed by atoms with Crippen molar-refractivity contribution in [1.82, 2.24) is 18.9 Å². The second-order valence-electron chi connectivity index (χ2n) is 8.71. The van der Waals surface area contributed by atoms with E-state index >= 15 is 0 Å². The number of rotatable bonds is 7. The Morgan fingerprint density at radius 1 is 1.34 bits per heavy atom. The molecule has 1 aliphatic carbocycles. The van der Waals surface area contributed by atoms with Gasteiger partial charge in [-0.2, -0.15) is 9.36 Å². The van der Waals surface area contributed by atoms with Gasteiger partial charge in [-0.1, -0.05) is 49.0 Å². The van der Waals surface area contributed by atoms with E-state index in [1.807, 2.05) is 31.2 Å². The number of benzene rings is 1. The maximum absolute atomic E-state index is 13.4. The van der Waals surface area contributed by atoms with Gasteiger partial charge in [0.15, 0.2) is 5.16 Å². The lowest BCUT2D eigenvalue weighted by Gasteiger charge is -2.17. The van der Waals surface area contributed by atoms with Crippen LogP contribution < -0.4 is 10.9 Å². The van der Waals surface area contributed by atoms with Crippen molar-refractivity contribution >= 4 is 56.7 Å². The first-order chi connectivity index (χ1) is 16.9. The van der Waals surface area contributed by atoms with Gasteiger partial charge in [0.25, 0.3) is 5.56 Å². The monoisotopic (exact) mass is 523 g/mol. The summed E-state index contributed by atoms with van der Waals surface area (Å²) < 4.78 is 5.90. The zero-order valence-electron chi connectivity index (χ0n) is 19.5. The Kier molecular flexibility index (Phi) is 6.86. The fourth-order valence-corrected chi connectivity index (χ4v) is 7.24. The first kappa shape index (κ1) is 23.9. The maximum atomic E-state index is 13.4. The number of hydrogen-bond donors (Lipinski definition) is 1. The summed E-state index contributed by atoms with van der Waals surface area (Å²) in [7, 11) is 0. The second kappa shape index (κ2) is 10.0. The quantitative estimate of drug-likeness (QED) is 0.200. The van der Waals surface area contributed by atoms with Crippen LogP contribution in [0.2, 0.25) is 0 Å². The third kappa shape index (κ3) is 4.82. The molecule has 0 spiro atoms. The van der Waals surface area contributed by atoms with E-state index in [4.69, 9.17) is 4.98 Å². The van der Waals surface area contributed by atoms with Crippen LogP contribution >= 0.6 is 34.6 Å². The molecule has 0 radical (unpaired) electrons. The van der Waals surface area contributed by atoms with E-state index in [-0.39, 0.29) is 23.2 Å². The molecule has 3 aromatic heterocycles. The number of fused-ring (bicyclic) bond motifs is 3. The first-order valence-electron chi connectivity index (χ1n) is 11.4. The highest BCUT2D eigenvalue weighted by atomic mass is 32.2. The van der Waals surface area contributed by atoms with Gasteiger partial charge in [-0.15, -0.1) is 17.9 Å². The molecule has 35 heavy (non-hydrogen) atoms. The summed E-state index contributed by atoms with van der Waals surface area (Å²) in [5.74, 6) is 0.749. The van der Waals surface area contributed by atoms with Crippen LogP contribution in [-0.4, -0.2) is 30.6 Å². The highest BCUT2D eigenvalue weighted by Crippen LogP contribution is 2.36. The molecule has 1 unspecified atom stereocenters. The highest BCUT2D eigenvalue weighted by Gasteiger charge is 2.25. The minimum absolute atomic E-state index is 0.0473. The number of amides is 1. The standard InChI is InChI=1S/C25H25N5O2S3/c1-4-11-30-23(32)20-17-10-9-14(2)12-18(17)34-22(20)28-25(30)33-13-19(31)26-24-27-21(35-29-24)16-8-6-5-7-15(16)3/h4-8,14H,1,9-13H2,2-3H3,(H,26,29,31). The number of allylic oxidation sites excluding steroid dienone is 1. The number of aromatic nitrogens is 4. The molecule has 1 aliphatic rings. The van der Waals surface area contributed by atoms with Crippen molar-refractivity contribution in [2.24, 2.45) is 5.92 Å². The number of anilines is 1. The van der Waals surface area contributed by atoms with Gasteiger partial charge in [-0.05, 0) is 54.8 Å². The van der Waals surface area contributed by atoms with E-state index in [1.54, 1.807) is 22.0 Å². The molecule has 3 heterocycles. The minimum Gasteiger partial charge on any atom is -0.293 e. The van der Waals surface area contributed by atoms with Crippen molar-refractivity contribution in [3.63, 3.8) is 0 Å². The van der Waals surface area contributed by atoms with Crippen LogP contribution in [0.5, 0.6) is 0 Å². The van der Waals surface area contributed by atoms with Crippen molar-refractivity contribution in [2.45, 2.75) is 44.8 Å². The molecule has 4 aromatic rings. The van der Waals surface area contributed by atoms with Gasteiger partial charge in [0.05, 0.1) is 11.1 Å². The van der Waals surface area contributed by atoms with E-state index in [0.717, 1.165) is 51.2 Å². The van der Waals surface area contributed by atoms with Crippen LogP contribution in [0.1, 0.15) is 29.3 Å². The summed E-state index contributed by atoms with van der Waals surface area (Å²) in [6.45, 7) is 8.41. The van der Waals surface area contributed by atoms with Gasteiger partial charge in [-0.25, -0.2) is 4.98 Å². The Balaban J connectivity index is 1.34. The minimum atomic E-state index is -0.247. The number of thiophene rings is 1. The molecule has 1 atom stereocenters. The molecular weight excluding hydrogens is 499 g/mol. The number of aryl methyl sites for hydroxylation is 2. The molecule has 0 aliphatic heterocycles. The lowest BCUT2D eigenvalue weighted by molar-refractivity contribution is -0.113. The summed E-state index contributed by atoms with van der Waals surface area (Å²) in [6.07, 6.45) is 4.69. The normalized spacial score (nSPS) is 15.2. The van der Waals surface area contributed by atoms with Gasteiger partial charge >= 0.3 is 0 Å². The van der Waals surface area contributed by atoms with Crippen molar-refractivity contribution < 1.29 is 4.79 Å². The summed E-state index contributed by atoms with van der Waals surface area (Å²) in [5, 5.41) is 4.79. The van der Waals surface area contributed by atoms with E-state index in [0.29, 0.717) is 17.6 Å². The van der Waals surface area contributed by atoms with Crippen LogP contribution in [-0.2, 0) is 24.2 Å². The van der Waals surface area contributed by atoms with Gasteiger partial charge in [-0.3, -0.25) is 19.5 Å². The molecule has 0 fully saturated rings. The Hall–Kier alpha value is -2.82. The predicted octanol–water partition coefficient (Wildman–Crippen LogP) is 5.33. The predicted molar refractivity (Wildman–Crippen MR) is 145 cm³/mol. The first-order valence-corrected chi connectivity index (χ1v) is 14.0. The third-order valence-electron chi connectivity index (χ3n) is 6.08. The van der Waals surface area contributed by atoms with Crippen molar-refractivity contribution in [1.29, 1.82) is 0 Å². The van der Waals surface area contributed by atoms with Crippen molar-refractivity contribution in [3.8, 4) is 10.6 Å². The zero-order valence-corrected chi connectivity index (χ0v) is 22.0. The average Bonchev–Trinajstić information content (AvgIpc) is 3.44. The topological polar surface area (TPSA) is 89.8 Å². The zero-order chi connectivity index (χ0) is 24.5. The number of hydrogen-bond acceptors (Lipinski definition) is 8. The van der Waals surface area contributed by atoms with Crippen LogP contribution in [0, 0.1) is 12.8 Å². The Morgan fingerprint density at radius 3 is 2.97 bits per heavy atom. The molecular formula is C25H25N5O2S3. The van der Waals surface area contributed by atoms with Crippen LogP contribution in [0.3, 0.4) is 0 Å². The molecule has 10 heteroatoms. The SMILES string of the molecule is C=CCn1c(SCC(=O)Nc2nsc(-c3ccccc3C)n2)nc2sc3c(c2c1=O)CCC(C)C3. The fraction of sp³-hybridized carbons (Fsp3) is 0.320. The average molecular weight is 524 g/mol. The lowest BCUT2D eigenvalue weighted by Crippen LogP contribution is -2.24. The maximum Gasteiger partial charge on any atom is 0.263 e. The van der Waals surface area contributed by atoms with Crippen LogP contribution in [0.4, 0.5) is 5.95 Å². The molecule has 0 bridgehead atoms. The van der Waals surface area contributed by atoms with Gasteiger partial charge in [0.1, 0.15) is 9.84 Å². The summed E-state index contributed by atoms with van der Waals surface area (Å²) in [6, 6.07) is 7.93. The largest absolute Gasteiger partial charge is 0.293 e. The van der Waals surface area contributed by atoms with Gasteiger partial charge in [0.2, 0.25) is 11.9 Å². The van der Waals surface area contributed by atoms with E-state index in [1.165, 1.54) is 28.2 Å². The van der Waals surface area contributed by atoms with Crippen molar-refractivity contribution in [3.05, 3.63) is 63.3 Å². The van der Waals surface area contributed by atoms with Crippen molar-refractivity contribution in [2.75, 3.05) is 11.1 Å². The van der Waals surface area contributed by atoms with Crippen LogP contribution in [0.25, 0.3) is 20.8 Å². The Labute approximate surface area is 215 Å². The van der Waals surface area contributed by atoms with E-state index in [9.17, 15) is 9.59 Å². The summed E-state index contributed by atoms with van der Waals surface area (Å²) in [4.78, 5) is 37.4. The number of thioether (sulfide) groups is 1. The second-order valence-corrected chi connectivity index (χ2v) is 11.5. The number of carbonyl (C=O) groups excluding carboxylic acids is 1. The van der Waals surface area contributed by atoms with E-state index < -0.39 is 0 Å². The molecule has 1 N–H and O–H groups in total. The van der Waals surface area contributed by atoms with Crippen LogP contribution in [0.15, 0.2) is 46.9 Å². The highest BCUT2D eigenvalue weighted by molar-refractivity contribution is 7.99. The summed E-state index contributed by atoms with van der Waals surface area (Å²) >= 11 is 4.11. The fourth-order valence-electron chi connectivity index (χ4n) is 4.29. The van der Waals surface area contributed by atoms with Gasteiger partial charge in [0, 0.05) is 17.0 Å². The number of nitrogens with zero attached hydrogens (tertiary/aromatic N) is 4. The van der Waals surface area contributed by atoms with E-state index in [2.05, 4.69) is 28.2 Å². The number of carbonyl (C=O) groups is 1. The Morgan fingerprint density at radius 2 is 2.17 bits per heavy atom. The smallest absolute Gasteiger partial charge is 0.263 e. The Bertz CT molecular complexity index is 1490. The lowest BCUT2D eigenvalue weighted by atomic mass is 9.89. The molecule has 7 nitrogen and oxygen atoms in total. The third-order valence-corrected chi connectivity index (χ3v) is 8.95. The summed E-state index contributed by atoms with van der Waals surface area (Å²) in [5.41, 5.74) is 3.21. The molecule has 0 saturated heterocycles. The molecule has 1 aromatic carbocycles.